The summed E-state index contributed by atoms with van der Waals surface area (Å²) in [6.45, 7) is 2.44. The summed E-state index contributed by atoms with van der Waals surface area (Å²) < 4.78 is 3.17. The molecule has 1 aromatic carbocycles. The van der Waals surface area contributed by atoms with Crippen molar-refractivity contribution in [3.8, 4) is 11.5 Å². The first-order valence-corrected chi connectivity index (χ1v) is 16.9. The number of thioether (sulfide) groups is 2. The number of thiazole rings is 1. The molecule has 5 N–H and O–H groups in total. The zero-order chi connectivity index (χ0) is 35.3. The molecule has 3 saturated heterocycles. The predicted molar refractivity (Wildman–Crippen MR) is 174 cm³/mol. The van der Waals surface area contributed by atoms with Crippen LogP contribution in [0.3, 0.4) is 0 Å². The summed E-state index contributed by atoms with van der Waals surface area (Å²) in [7, 11) is 5.26. The fourth-order valence-electron chi connectivity index (χ4n) is 4.94. The Kier molecular flexibility index (Phi) is 9.66. The molecule has 3 atom stereocenters. The normalized spacial score (nSPS) is 22.4. The fourth-order valence-corrected chi connectivity index (χ4v) is 9.49. The summed E-state index contributed by atoms with van der Waals surface area (Å²) in [4.78, 5) is 88.5. The van der Waals surface area contributed by atoms with Gasteiger partial charge in [0.2, 0.25) is 11.5 Å². The van der Waals surface area contributed by atoms with E-state index in [0.717, 1.165) is 47.0 Å². The third-order valence-electron chi connectivity index (χ3n) is 7.70. The third kappa shape index (κ3) is 6.40. The first-order valence-electron chi connectivity index (χ1n) is 13.8. The first-order chi connectivity index (χ1) is 22.5. The minimum Gasteiger partial charge on any atom is -0.542 e. The average molecular weight is 738 g/mol. The number of Topliss-reactive ketones (excluding diaryl/α,β-unsaturated/α-hetero) is 2. The summed E-state index contributed by atoms with van der Waals surface area (Å²) >= 11 is 9.11. The van der Waals surface area contributed by atoms with Gasteiger partial charge in [-0.3, -0.25) is 24.0 Å². The highest BCUT2D eigenvalue weighted by Gasteiger charge is 2.63. The number of ketones is 2. The molecule has 48 heavy (non-hydrogen) atoms. The smallest absolute Gasteiger partial charge is 0.378 e. The van der Waals surface area contributed by atoms with Gasteiger partial charge in [0.25, 0.3) is 11.7 Å². The molecule has 1 unspecified atom stereocenters. The van der Waals surface area contributed by atoms with E-state index in [9.17, 15) is 44.1 Å². The van der Waals surface area contributed by atoms with Gasteiger partial charge in [-0.2, -0.15) is 0 Å². The number of carboxylic acids is 1. The van der Waals surface area contributed by atoms with Gasteiger partial charge in [0.15, 0.2) is 32.2 Å². The van der Waals surface area contributed by atoms with Crippen molar-refractivity contribution in [2.45, 2.75) is 40.6 Å². The monoisotopic (exact) mass is 737 g/mol. The van der Waals surface area contributed by atoms with Gasteiger partial charge < -0.3 is 40.3 Å². The standard InChI is InChI=1S/C27H25BClN5O11S3/c1-26(2,23(41)42)45-32-17(13-8-46-25(30)31-13)15(36)5-12-20(39)34-9-27(24(43)44-28,48-22(12)34)47-10-6-33(7-10)21(40)18(37)11-3-4-14(35)19(38)16(11)29/h3-4,8,10,12,22,35,38H,5-7,9H2,1-2H3,(H2,30,31)(H,41,42)/b32-17-/t12?,22-,27-/m1/s1. The van der Waals surface area contributed by atoms with Crippen LogP contribution in [0.5, 0.6) is 11.5 Å². The molecule has 2 radical (unpaired) electrons. The SMILES string of the molecule is [B]OC(=O)[C@@]1(SC2CN(C(=O)C(=O)c3ccc(O)c(O)c3Cl)C2)CN2C(=O)C(CC(=O)/C(=N\OC(C)(C)C(=O)O)c3csc(N)n3)[C@H]2S1. The molecule has 1 aromatic heterocycles. The number of hydrogen-bond acceptors (Lipinski definition) is 16. The number of carbonyl (C=O) groups excluding carboxylic acids is 5. The van der Waals surface area contributed by atoms with Crippen LogP contribution < -0.4 is 5.73 Å². The van der Waals surface area contributed by atoms with E-state index in [1.165, 1.54) is 29.0 Å². The van der Waals surface area contributed by atoms with E-state index in [0.29, 0.717) is 0 Å². The first kappa shape index (κ1) is 35.3. The second-order valence-corrected chi connectivity index (χ2v) is 15.9. The highest BCUT2D eigenvalue weighted by Crippen LogP contribution is 2.57. The van der Waals surface area contributed by atoms with Crippen molar-refractivity contribution >= 4 is 101 Å². The lowest BCUT2D eigenvalue weighted by Crippen LogP contribution is -2.58. The highest BCUT2D eigenvalue weighted by molar-refractivity contribution is 8.20. The van der Waals surface area contributed by atoms with E-state index >= 15 is 0 Å². The third-order valence-corrected chi connectivity index (χ3v) is 12.1. The van der Waals surface area contributed by atoms with Gasteiger partial charge in [-0.05, 0) is 26.0 Å². The van der Waals surface area contributed by atoms with Crippen molar-refractivity contribution < 1.29 is 53.6 Å². The molecule has 3 aliphatic heterocycles. The van der Waals surface area contributed by atoms with Crippen molar-refractivity contribution in [1.82, 2.24) is 14.8 Å². The number of carboxylic acid groups (broad SMARTS) is 1. The Morgan fingerprint density at radius 2 is 1.94 bits per heavy atom. The van der Waals surface area contributed by atoms with Crippen LogP contribution in [0, 0.1) is 5.92 Å². The maximum atomic E-state index is 13.4. The number of amides is 2. The van der Waals surface area contributed by atoms with Crippen LogP contribution in [0.25, 0.3) is 0 Å². The lowest BCUT2D eigenvalue weighted by Gasteiger charge is -2.41. The van der Waals surface area contributed by atoms with Gasteiger partial charge >= 0.3 is 20.0 Å². The van der Waals surface area contributed by atoms with Crippen LogP contribution in [0.2, 0.25) is 5.02 Å². The number of carbonyl (C=O) groups is 6. The average Bonchev–Trinajstić information content (AvgIpc) is 3.61. The van der Waals surface area contributed by atoms with Crippen LogP contribution in [-0.4, -0.2) is 119 Å². The van der Waals surface area contributed by atoms with E-state index < -0.39 is 72.8 Å². The van der Waals surface area contributed by atoms with Gasteiger partial charge in [-0.25, -0.2) is 9.78 Å². The number of phenols is 2. The van der Waals surface area contributed by atoms with Gasteiger partial charge in [-0.1, -0.05) is 16.8 Å². The van der Waals surface area contributed by atoms with Crippen LogP contribution in [-0.2, 0) is 33.5 Å². The molecule has 2 amide bonds. The van der Waals surface area contributed by atoms with E-state index in [1.807, 2.05) is 0 Å². The van der Waals surface area contributed by atoms with Gasteiger partial charge in [0.05, 0.1) is 28.4 Å². The molecule has 252 valence electrons. The number of anilines is 1. The number of likely N-dealkylation sites (tertiary alicyclic amines) is 1. The lowest BCUT2D eigenvalue weighted by molar-refractivity contribution is -0.161. The molecule has 2 aromatic rings. The van der Waals surface area contributed by atoms with Crippen molar-refractivity contribution in [3.63, 3.8) is 0 Å². The van der Waals surface area contributed by atoms with E-state index in [4.69, 9.17) is 30.2 Å². The quantitative estimate of drug-likeness (QED) is 0.0452. The van der Waals surface area contributed by atoms with Gasteiger partial charge in [0, 0.05) is 30.1 Å². The van der Waals surface area contributed by atoms with Crippen LogP contribution in [0.4, 0.5) is 5.13 Å². The number of aromatic hydroxyl groups is 2. The van der Waals surface area contributed by atoms with E-state index in [-0.39, 0.29) is 53.4 Å². The van der Waals surface area contributed by atoms with Crippen LogP contribution >= 0.6 is 46.5 Å². The predicted octanol–water partition coefficient (Wildman–Crippen LogP) is 1.01. The fraction of sp³-hybridized carbons (Fsp3) is 0.407. The number of halogens is 1. The van der Waals surface area contributed by atoms with E-state index in [2.05, 4.69) is 14.8 Å². The number of rotatable bonds is 12. The second kappa shape index (κ2) is 13.1. The molecular weight excluding hydrogens is 713 g/mol. The minimum atomic E-state index is -1.78. The summed E-state index contributed by atoms with van der Waals surface area (Å²) in [5.74, 6) is -7.40. The maximum absolute atomic E-state index is 13.4. The maximum Gasteiger partial charge on any atom is 0.378 e. The van der Waals surface area contributed by atoms with Gasteiger partial charge in [-0.15, -0.1) is 34.9 Å². The Hall–Kier alpha value is -4.01. The van der Waals surface area contributed by atoms with Crippen molar-refractivity contribution in [2.24, 2.45) is 11.1 Å². The molecular formula is C27H25BClN5O11S3. The van der Waals surface area contributed by atoms with Gasteiger partial charge in [0.1, 0.15) is 5.69 Å². The van der Waals surface area contributed by atoms with Crippen molar-refractivity contribution in [1.29, 1.82) is 0 Å². The molecule has 0 spiro atoms. The number of aromatic nitrogens is 1. The summed E-state index contributed by atoms with van der Waals surface area (Å²) in [5.41, 5.74) is 3.34. The summed E-state index contributed by atoms with van der Waals surface area (Å²) in [5, 5.41) is 32.6. The molecule has 16 nitrogen and oxygen atoms in total. The molecule has 4 heterocycles. The number of nitrogens with zero attached hydrogens (tertiary/aromatic N) is 4. The molecule has 0 saturated carbocycles. The Morgan fingerprint density at radius 3 is 2.54 bits per heavy atom. The van der Waals surface area contributed by atoms with Crippen molar-refractivity contribution in [2.75, 3.05) is 25.4 Å². The summed E-state index contributed by atoms with van der Waals surface area (Å²) in [6.07, 6.45) is -0.373. The Morgan fingerprint density at radius 1 is 1.25 bits per heavy atom. The zero-order valence-corrected chi connectivity index (χ0v) is 28.2. The summed E-state index contributed by atoms with van der Waals surface area (Å²) in [6, 6.07) is 2.14. The number of β-lactam (4-membered cyclic amide) rings is 1. The van der Waals surface area contributed by atoms with Crippen LogP contribution in [0.1, 0.15) is 36.3 Å². The number of oxime groups is 1. The van der Waals surface area contributed by atoms with Crippen molar-refractivity contribution in [3.05, 3.63) is 33.8 Å². The molecule has 0 aliphatic carbocycles. The molecule has 5 rings (SSSR count). The largest absolute Gasteiger partial charge is 0.542 e. The number of phenolic OH excluding ortho intramolecular Hbond substituents is 2. The number of nitrogen functional groups attached to an aromatic ring is 1. The highest BCUT2D eigenvalue weighted by atomic mass is 35.5. The molecule has 3 fully saturated rings. The molecule has 3 aliphatic rings. The number of aliphatic carboxylic acids is 1. The molecule has 21 heteroatoms. The topological polar surface area (TPSA) is 239 Å². The number of nitrogens with two attached hydrogens (primary N) is 1. The minimum absolute atomic E-state index is 0.0371. The Balaban J connectivity index is 1.26. The number of fused-ring (bicyclic) bond motifs is 1. The molecule has 0 bridgehead atoms. The van der Waals surface area contributed by atoms with Crippen LogP contribution in [0.15, 0.2) is 22.7 Å². The number of hydrogen-bond donors (Lipinski definition) is 4. The van der Waals surface area contributed by atoms with E-state index in [1.54, 1.807) is 0 Å². The second-order valence-electron chi connectivity index (χ2n) is 11.4. The zero-order valence-electron chi connectivity index (χ0n) is 24.9. The number of benzene rings is 1. The lowest BCUT2D eigenvalue weighted by atomic mass is 9.90. The Bertz CT molecular complexity index is 1770. The Labute approximate surface area is 290 Å².